The molecule has 0 unspecified atom stereocenters. The summed E-state index contributed by atoms with van der Waals surface area (Å²) in [5, 5.41) is 0.282. The number of ether oxygens (including phenoxy) is 2. The number of hydrogen-bond acceptors (Lipinski definition) is 4. The first-order chi connectivity index (χ1) is 15.1. The van der Waals surface area contributed by atoms with Crippen molar-refractivity contribution in [1.29, 1.82) is 0 Å². The Morgan fingerprint density at radius 1 is 1.09 bits per heavy atom. The Kier molecular flexibility index (Phi) is 5.90. The molecule has 0 aliphatic carbocycles. The zero-order valence-electron chi connectivity index (χ0n) is 17.3. The van der Waals surface area contributed by atoms with Crippen molar-refractivity contribution < 1.29 is 38.1 Å². The van der Waals surface area contributed by atoms with Gasteiger partial charge < -0.3 is 19.8 Å². The van der Waals surface area contributed by atoms with Crippen LogP contribution in [0.25, 0.3) is 10.8 Å². The number of Topliss-reactive ketones (excluding diaryl/α,β-unsaturated/α-hetero) is 1. The molecule has 3 aromatic rings. The Bertz CT molecular complexity index is 1260. The molecule has 1 aromatic heterocycles. The van der Waals surface area contributed by atoms with Gasteiger partial charge >= 0.3 is 10.2 Å². The number of aromatic nitrogens is 1. The van der Waals surface area contributed by atoms with E-state index in [1.54, 1.807) is 13.8 Å². The van der Waals surface area contributed by atoms with Crippen molar-refractivity contribution in [3.63, 3.8) is 0 Å². The molecule has 0 saturated heterocycles. The summed E-state index contributed by atoms with van der Waals surface area (Å²) in [4.78, 5) is 10.6. The fourth-order valence-electron chi connectivity index (χ4n) is 3.24. The van der Waals surface area contributed by atoms with Crippen LogP contribution in [-0.4, -0.2) is 23.6 Å². The van der Waals surface area contributed by atoms with Gasteiger partial charge in [0.1, 0.15) is 10.7 Å². The summed E-state index contributed by atoms with van der Waals surface area (Å²) in [6, 6.07) is 2.45. The molecule has 0 aliphatic heterocycles. The number of fused-ring (bicyclic) bond motifs is 1. The molecule has 0 aliphatic rings. The third-order valence-corrected chi connectivity index (χ3v) is 6.47. The number of hydrogen-bond donors (Lipinski definition) is 1. The van der Waals surface area contributed by atoms with Crippen LogP contribution in [0.3, 0.4) is 0 Å². The second-order valence-electron chi connectivity index (χ2n) is 7.02. The molecule has 5 nitrogen and oxygen atoms in total. The van der Waals surface area contributed by atoms with Gasteiger partial charge in [-0.05, 0) is 54.0 Å². The molecular weight excluding hydrogens is 542 g/mol. The molecule has 33 heavy (non-hydrogen) atoms. The van der Waals surface area contributed by atoms with Crippen LogP contribution in [0.15, 0.2) is 39.8 Å². The van der Waals surface area contributed by atoms with Crippen LogP contribution in [0.2, 0.25) is 0 Å². The zero-order chi connectivity index (χ0) is 24.8. The van der Waals surface area contributed by atoms with E-state index in [4.69, 9.17) is 15.2 Å². The summed E-state index contributed by atoms with van der Waals surface area (Å²) >= 11 is 2.75. The zero-order valence-corrected chi connectivity index (χ0v) is 19.7. The molecule has 13 heteroatoms. The van der Waals surface area contributed by atoms with Crippen molar-refractivity contribution in [3.8, 4) is 11.5 Å². The summed E-state index contributed by atoms with van der Waals surface area (Å²) in [7, 11) is -9.90. The fraction of sp³-hybridized carbons (Fsp3) is 0.250. The van der Waals surface area contributed by atoms with Crippen molar-refractivity contribution in [1.82, 2.24) is 4.57 Å². The van der Waals surface area contributed by atoms with Gasteiger partial charge in [-0.15, -0.1) is 0 Å². The highest BCUT2D eigenvalue weighted by molar-refractivity contribution is 9.10. The van der Waals surface area contributed by atoms with Gasteiger partial charge in [0, 0.05) is 21.6 Å². The standard InChI is InChI=1S/C20H19BrF6N2O3S/c1-3-31-16-7-11-9-29(20(28)17(11)18(22)19(16)32-4-2)10-15(30)13-6-5-12(8-14(13)21)33(23,24,25,26)27/h5-9H,3-4,10,28H2,1-2H3. The average Bonchev–Trinajstić information content (AvgIpc) is 2.98. The van der Waals surface area contributed by atoms with Crippen LogP contribution < -0.4 is 15.2 Å². The molecule has 0 amide bonds. The molecular formula is C20H19BrF6N2O3S. The fourth-order valence-corrected chi connectivity index (χ4v) is 4.66. The maximum absolute atomic E-state index is 15.1. The van der Waals surface area contributed by atoms with Crippen molar-refractivity contribution in [3.05, 3.63) is 46.3 Å². The minimum Gasteiger partial charge on any atom is -0.490 e. The van der Waals surface area contributed by atoms with Gasteiger partial charge in [-0.3, -0.25) is 4.79 Å². The highest BCUT2D eigenvalue weighted by Crippen LogP contribution is 3.02. The van der Waals surface area contributed by atoms with E-state index in [9.17, 15) is 24.2 Å². The van der Waals surface area contributed by atoms with E-state index in [2.05, 4.69) is 15.9 Å². The third kappa shape index (κ3) is 5.03. The number of halogens is 7. The number of carbonyl (C=O) groups is 1. The predicted molar refractivity (Wildman–Crippen MR) is 119 cm³/mol. The molecule has 0 saturated carbocycles. The first kappa shape index (κ1) is 25.1. The van der Waals surface area contributed by atoms with Crippen LogP contribution in [-0.2, 0) is 6.54 Å². The number of nitrogens with zero attached hydrogens (tertiary/aromatic N) is 1. The van der Waals surface area contributed by atoms with E-state index in [1.807, 2.05) is 0 Å². The van der Waals surface area contributed by atoms with Gasteiger partial charge in [0.05, 0.1) is 25.1 Å². The Labute approximate surface area is 193 Å². The SMILES string of the molecule is CCOc1cc2cn(CC(=O)c3ccc(S(F)(F)(F)(F)F)cc3Br)c(N)c2c(F)c1OCC. The number of carbonyl (C=O) groups excluding carboxylic acids is 1. The van der Waals surface area contributed by atoms with E-state index < -0.39 is 37.7 Å². The smallest absolute Gasteiger partial charge is 0.310 e. The minimum absolute atomic E-state index is 0.0231. The summed E-state index contributed by atoms with van der Waals surface area (Å²) in [6.45, 7) is 3.27. The van der Waals surface area contributed by atoms with Gasteiger partial charge in [-0.25, -0.2) is 4.39 Å². The topological polar surface area (TPSA) is 66.5 Å². The molecule has 0 radical (unpaired) electrons. The second-order valence-corrected chi connectivity index (χ2v) is 10.3. The first-order valence-electron chi connectivity index (χ1n) is 9.50. The van der Waals surface area contributed by atoms with Crippen molar-refractivity contribution in [2.75, 3.05) is 18.9 Å². The lowest BCUT2D eigenvalue weighted by Gasteiger charge is -2.40. The highest BCUT2D eigenvalue weighted by Gasteiger charge is 2.65. The minimum atomic E-state index is -9.90. The molecule has 0 spiro atoms. The molecule has 182 valence electrons. The summed E-state index contributed by atoms with van der Waals surface area (Å²) in [5.41, 5.74) is 5.75. The average molecular weight is 561 g/mol. The van der Waals surface area contributed by atoms with E-state index in [0.717, 1.165) is 0 Å². The van der Waals surface area contributed by atoms with E-state index in [-0.39, 0.29) is 53.6 Å². The van der Waals surface area contributed by atoms with Crippen molar-refractivity contribution in [2.45, 2.75) is 25.3 Å². The summed E-state index contributed by atoms with van der Waals surface area (Å²) in [5.74, 6) is -1.65. The lowest BCUT2D eigenvalue weighted by atomic mass is 10.1. The number of nitrogens with two attached hydrogens (primary N) is 1. The Morgan fingerprint density at radius 3 is 2.27 bits per heavy atom. The number of anilines is 1. The lowest BCUT2D eigenvalue weighted by molar-refractivity contribution is 0.0972. The van der Waals surface area contributed by atoms with Gasteiger partial charge in [0.25, 0.3) is 0 Å². The van der Waals surface area contributed by atoms with E-state index in [0.29, 0.717) is 11.5 Å². The Morgan fingerprint density at radius 2 is 1.73 bits per heavy atom. The molecule has 1 heterocycles. The van der Waals surface area contributed by atoms with Crippen LogP contribution >= 0.6 is 26.2 Å². The monoisotopic (exact) mass is 560 g/mol. The van der Waals surface area contributed by atoms with Crippen LogP contribution in [0.1, 0.15) is 24.2 Å². The molecule has 3 rings (SSSR count). The maximum Gasteiger partial charge on any atom is 0.310 e. The quantitative estimate of drug-likeness (QED) is 0.229. The lowest BCUT2D eigenvalue weighted by Crippen LogP contribution is -2.13. The Balaban J connectivity index is 2.01. The summed E-state index contributed by atoms with van der Waals surface area (Å²) < 4.78 is 91.6. The number of ketones is 1. The van der Waals surface area contributed by atoms with Crippen molar-refractivity contribution >= 4 is 48.5 Å². The van der Waals surface area contributed by atoms with Gasteiger partial charge in [0.2, 0.25) is 0 Å². The molecule has 0 fully saturated rings. The molecule has 2 aromatic carbocycles. The largest absolute Gasteiger partial charge is 0.490 e. The molecule has 0 atom stereocenters. The third-order valence-electron chi connectivity index (χ3n) is 4.67. The van der Waals surface area contributed by atoms with Gasteiger partial charge in [0.15, 0.2) is 23.1 Å². The van der Waals surface area contributed by atoms with E-state index in [1.165, 1.54) is 16.8 Å². The molecule has 0 bridgehead atoms. The second kappa shape index (κ2) is 7.76. The van der Waals surface area contributed by atoms with Crippen LogP contribution in [0, 0.1) is 5.82 Å². The summed E-state index contributed by atoms with van der Waals surface area (Å²) in [6.07, 6.45) is 1.38. The highest BCUT2D eigenvalue weighted by atomic mass is 79.9. The maximum atomic E-state index is 15.1. The van der Waals surface area contributed by atoms with Crippen LogP contribution in [0.5, 0.6) is 11.5 Å². The number of rotatable bonds is 8. The van der Waals surface area contributed by atoms with Gasteiger partial charge in [-0.1, -0.05) is 19.4 Å². The molecule has 2 N–H and O–H groups in total. The normalized spacial score (nSPS) is 14.1. The first-order valence-corrected chi connectivity index (χ1v) is 12.2. The predicted octanol–water partition coefficient (Wildman–Crippen LogP) is 7.46. The van der Waals surface area contributed by atoms with Crippen LogP contribution in [0.4, 0.5) is 29.6 Å². The number of benzene rings is 2. The van der Waals surface area contributed by atoms with E-state index >= 15 is 4.39 Å². The van der Waals surface area contributed by atoms with Gasteiger partial charge in [-0.2, -0.15) is 0 Å². The Hall–Kier alpha value is -2.54. The number of nitrogen functional groups attached to an aromatic ring is 1. The van der Waals surface area contributed by atoms with Crippen molar-refractivity contribution in [2.24, 2.45) is 0 Å².